The normalized spacial score (nSPS) is 13.4. The summed E-state index contributed by atoms with van der Waals surface area (Å²) in [6, 6.07) is 4.74. The van der Waals surface area contributed by atoms with Gasteiger partial charge in [-0.2, -0.15) is 0 Å². The molecular weight excluding hydrogens is 321 g/mol. The predicted molar refractivity (Wildman–Crippen MR) is 82.6 cm³/mol. The number of rotatable bonds is 8. The van der Waals surface area contributed by atoms with E-state index in [-0.39, 0.29) is 18.3 Å². The number of hydrogen-bond acceptors (Lipinski definition) is 3. The van der Waals surface area contributed by atoms with Gasteiger partial charge in [0, 0.05) is 23.2 Å². The summed E-state index contributed by atoms with van der Waals surface area (Å²) in [5.74, 6) is -0.0473. The number of sulfonamides is 1. The largest absolute Gasteiger partial charge is 0.396 e. The van der Waals surface area contributed by atoms with Crippen LogP contribution >= 0.6 is 23.2 Å². The molecule has 0 amide bonds. The van der Waals surface area contributed by atoms with Crippen LogP contribution in [-0.2, 0) is 15.8 Å². The lowest BCUT2D eigenvalue weighted by atomic mass is 10.0. The van der Waals surface area contributed by atoms with Crippen molar-refractivity contribution in [1.29, 1.82) is 0 Å². The Kier molecular flexibility index (Phi) is 7.26. The standard InChI is InChI=1S/C13H19Cl2NO3S/c1-2-10(5-6-17)8-16-20(18,19)9-11-3-4-12(14)7-13(11)15/h3-4,7,10,16-17H,2,5-6,8-9H2,1H3. The molecule has 0 aliphatic heterocycles. The lowest BCUT2D eigenvalue weighted by molar-refractivity contribution is 0.254. The van der Waals surface area contributed by atoms with E-state index < -0.39 is 10.0 Å². The summed E-state index contributed by atoms with van der Waals surface area (Å²) in [7, 11) is -3.45. The molecule has 114 valence electrons. The molecule has 0 aliphatic carbocycles. The average molecular weight is 340 g/mol. The summed E-state index contributed by atoms with van der Waals surface area (Å²) in [6.45, 7) is 2.35. The minimum absolute atomic E-state index is 0.0588. The van der Waals surface area contributed by atoms with E-state index in [2.05, 4.69) is 4.72 Å². The minimum atomic E-state index is -3.45. The van der Waals surface area contributed by atoms with Crippen molar-refractivity contribution in [3.8, 4) is 0 Å². The summed E-state index contributed by atoms with van der Waals surface area (Å²) in [5.41, 5.74) is 0.513. The average Bonchev–Trinajstić information content (AvgIpc) is 2.38. The Morgan fingerprint density at radius 1 is 1.35 bits per heavy atom. The van der Waals surface area contributed by atoms with E-state index in [4.69, 9.17) is 28.3 Å². The van der Waals surface area contributed by atoms with Crippen molar-refractivity contribution >= 4 is 33.2 Å². The highest BCUT2D eigenvalue weighted by Gasteiger charge is 2.16. The van der Waals surface area contributed by atoms with Gasteiger partial charge in [0.15, 0.2) is 0 Å². The first-order chi connectivity index (χ1) is 9.38. The van der Waals surface area contributed by atoms with Crippen LogP contribution in [0.15, 0.2) is 18.2 Å². The van der Waals surface area contributed by atoms with Crippen LogP contribution in [-0.4, -0.2) is 26.7 Å². The van der Waals surface area contributed by atoms with E-state index in [1.807, 2.05) is 6.92 Å². The van der Waals surface area contributed by atoms with E-state index in [1.54, 1.807) is 12.1 Å². The molecule has 2 N–H and O–H groups in total. The highest BCUT2D eigenvalue weighted by molar-refractivity contribution is 7.88. The zero-order chi connectivity index (χ0) is 15.2. The van der Waals surface area contributed by atoms with Crippen LogP contribution < -0.4 is 4.72 Å². The smallest absolute Gasteiger partial charge is 0.215 e. The second-order valence-corrected chi connectivity index (χ2v) is 7.28. The topological polar surface area (TPSA) is 66.4 Å². The van der Waals surface area contributed by atoms with Gasteiger partial charge in [-0.15, -0.1) is 0 Å². The van der Waals surface area contributed by atoms with E-state index in [1.165, 1.54) is 6.07 Å². The van der Waals surface area contributed by atoms with Crippen LogP contribution in [0.1, 0.15) is 25.3 Å². The molecule has 0 aliphatic rings. The van der Waals surface area contributed by atoms with Crippen LogP contribution in [0.5, 0.6) is 0 Å². The molecule has 0 spiro atoms. The molecule has 0 heterocycles. The summed E-state index contributed by atoms with van der Waals surface area (Å²) in [4.78, 5) is 0. The molecule has 7 heteroatoms. The fourth-order valence-electron chi connectivity index (χ4n) is 1.77. The highest BCUT2D eigenvalue weighted by Crippen LogP contribution is 2.22. The quantitative estimate of drug-likeness (QED) is 0.765. The van der Waals surface area contributed by atoms with E-state index in [0.717, 1.165) is 6.42 Å². The van der Waals surface area contributed by atoms with Gasteiger partial charge in [0.1, 0.15) is 0 Å². The number of aliphatic hydroxyl groups excluding tert-OH is 1. The van der Waals surface area contributed by atoms with Gasteiger partial charge in [-0.25, -0.2) is 13.1 Å². The molecule has 4 nitrogen and oxygen atoms in total. The van der Waals surface area contributed by atoms with Gasteiger partial charge in [-0.3, -0.25) is 0 Å². The molecular formula is C13H19Cl2NO3S. The van der Waals surface area contributed by atoms with Crippen LogP contribution in [0.25, 0.3) is 0 Å². The first-order valence-electron chi connectivity index (χ1n) is 6.40. The van der Waals surface area contributed by atoms with Crippen molar-refractivity contribution in [3.05, 3.63) is 33.8 Å². The number of benzene rings is 1. The molecule has 1 atom stereocenters. The maximum absolute atomic E-state index is 12.0. The molecule has 0 fully saturated rings. The first kappa shape index (κ1) is 17.7. The Labute approximate surface area is 130 Å². The van der Waals surface area contributed by atoms with Gasteiger partial charge in [-0.05, 0) is 30.0 Å². The maximum atomic E-state index is 12.0. The second kappa shape index (κ2) is 8.20. The monoisotopic (exact) mass is 339 g/mol. The van der Waals surface area contributed by atoms with Crippen molar-refractivity contribution in [2.75, 3.05) is 13.2 Å². The second-order valence-electron chi connectivity index (χ2n) is 4.63. The molecule has 0 bridgehead atoms. The molecule has 0 radical (unpaired) electrons. The van der Waals surface area contributed by atoms with Crippen LogP contribution in [0.2, 0.25) is 10.0 Å². The van der Waals surface area contributed by atoms with Crippen molar-refractivity contribution in [3.63, 3.8) is 0 Å². The Bertz CT molecular complexity index is 534. The number of nitrogens with one attached hydrogen (secondary N) is 1. The Balaban J connectivity index is 2.65. The third kappa shape index (κ3) is 5.97. The van der Waals surface area contributed by atoms with Crippen molar-refractivity contribution in [1.82, 2.24) is 4.72 Å². The first-order valence-corrected chi connectivity index (χ1v) is 8.81. The van der Waals surface area contributed by atoms with Gasteiger partial charge in [0.25, 0.3) is 0 Å². The Morgan fingerprint density at radius 3 is 2.60 bits per heavy atom. The third-order valence-electron chi connectivity index (χ3n) is 3.07. The zero-order valence-electron chi connectivity index (χ0n) is 11.3. The minimum Gasteiger partial charge on any atom is -0.396 e. The molecule has 1 aromatic carbocycles. The molecule has 1 aromatic rings. The van der Waals surface area contributed by atoms with E-state index in [9.17, 15) is 8.42 Å². The van der Waals surface area contributed by atoms with Gasteiger partial charge in [0.05, 0.1) is 5.75 Å². The zero-order valence-corrected chi connectivity index (χ0v) is 13.6. The summed E-state index contributed by atoms with van der Waals surface area (Å²) < 4.78 is 26.5. The lowest BCUT2D eigenvalue weighted by Crippen LogP contribution is -2.30. The Hall–Kier alpha value is -0.330. The van der Waals surface area contributed by atoms with Gasteiger partial charge in [-0.1, -0.05) is 42.6 Å². The van der Waals surface area contributed by atoms with Crippen LogP contribution in [0.4, 0.5) is 0 Å². The predicted octanol–water partition coefficient (Wildman–Crippen LogP) is 2.82. The maximum Gasteiger partial charge on any atom is 0.215 e. The van der Waals surface area contributed by atoms with Crippen molar-refractivity contribution in [2.24, 2.45) is 5.92 Å². The summed E-state index contributed by atoms with van der Waals surface area (Å²) >= 11 is 11.7. The number of hydrogen-bond donors (Lipinski definition) is 2. The number of halogens is 2. The SMILES string of the molecule is CCC(CCO)CNS(=O)(=O)Cc1ccc(Cl)cc1Cl. The van der Waals surface area contributed by atoms with Gasteiger partial charge < -0.3 is 5.11 Å². The molecule has 1 unspecified atom stereocenters. The molecule has 0 saturated heterocycles. The molecule has 20 heavy (non-hydrogen) atoms. The van der Waals surface area contributed by atoms with Gasteiger partial charge >= 0.3 is 0 Å². The third-order valence-corrected chi connectivity index (χ3v) is 4.95. The van der Waals surface area contributed by atoms with Crippen LogP contribution in [0.3, 0.4) is 0 Å². The van der Waals surface area contributed by atoms with E-state index in [0.29, 0.717) is 28.6 Å². The van der Waals surface area contributed by atoms with Crippen molar-refractivity contribution in [2.45, 2.75) is 25.5 Å². The van der Waals surface area contributed by atoms with Gasteiger partial charge in [0.2, 0.25) is 10.0 Å². The molecule has 1 rings (SSSR count). The Morgan fingerprint density at radius 2 is 2.05 bits per heavy atom. The lowest BCUT2D eigenvalue weighted by Gasteiger charge is -2.15. The van der Waals surface area contributed by atoms with Crippen molar-refractivity contribution < 1.29 is 13.5 Å². The molecule has 0 aromatic heterocycles. The fourth-order valence-corrected chi connectivity index (χ4v) is 3.58. The summed E-state index contributed by atoms with van der Waals surface area (Å²) in [6.07, 6.45) is 1.39. The fraction of sp³-hybridized carbons (Fsp3) is 0.538. The molecule has 0 saturated carbocycles. The summed E-state index contributed by atoms with van der Waals surface area (Å²) in [5, 5.41) is 9.70. The van der Waals surface area contributed by atoms with Crippen LogP contribution in [0, 0.1) is 5.92 Å². The highest BCUT2D eigenvalue weighted by atomic mass is 35.5. The van der Waals surface area contributed by atoms with E-state index >= 15 is 0 Å². The number of aliphatic hydroxyl groups is 1.